The van der Waals surface area contributed by atoms with E-state index in [2.05, 4.69) is 19.9 Å². The number of aryl methyl sites for hydroxylation is 2. The topological polar surface area (TPSA) is 57.4 Å². The Balaban J connectivity index is 2.48. The fourth-order valence-electron chi connectivity index (χ4n) is 1.05. The fourth-order valence-corrected chi connectivity index (χ4v) is 1.05. The second kappa shape index (κ2) is 2.48. The van der Waals surface area contributed by atoms with Crippen LogP contribution in [0.1, 0.15) is 11.4 Å². The first-order chi connectivity index (χ1) is 5.77. The number of H-pyrrole nitrogens is 2. The third-order valence-electron chi connectivity index (χ3n) is 1.85. The van der Waals surface area contributed by atoms with Crippen LogP contribution in [0.25, 0.3) is 11.6 Å². The van der Waals surface area contributed by atoms with Crippen molar-refractivity contribution >= 4 is 0 Å². The van der Waals surface area contributed by atoms with Gasteiger partial charge in [-0.25, -0.2) is 9.97 Å². The molecule has 0 aliphatic rings. The van der Waals surface area contributed by atoms with Crippen LogP contribution in [0.3, 0.4) is 0 Å². The molecule has 2 N–H and O–H groups in total. The van der Waals surface area contributed by atoms with Crippen molar-refractivity contribution in [3.05, 3.63) is 23.8 Å². The Labute approximate surface area is 70.1 Å². The number of hydrogen-bond acceptors (Lipinski definition) is 2. The van der Waals surface area contributed by atoms with Crippen LogP contribution >= 0.6 is 0 Å². The highest BCUT2D eigenvalue weighted by Gasteiger charge is 2.05. The Kier molecular flexibility index (Phi) is 1.46. The summed E-state index contributed by atoms with van der Waals surface area (Å²) in [6.45, 7) is 3.97. The van der Waals surface area contributed by atoms with Crippen molar-refractivity contribution in [1.82, 2.24) is 19.9 Å². The lowest BCUT2D eigenvalue weighted by atomic mass is 10.4. The van der Waals surface area contributed by atoms with Gasteiger partial charge in [-0.15, -0.1) is 0 Å². The first-order valence-corrected chi connectivity index (χ1v) is 3.80. The number of aromatic amines is 2. The van der Waals surface area contributed by atoms with Crippen LogP contribution in [-0.4, -0.2) is 19.9 Å². The van der Waals surface area contributed by atoms with E-state index in [1.807, 2.05) is 13.8 Å². The van der Waals surface area contributed by atoms with Crippen molar-refractivity contribution < 1.29 is 0 Å². The summed E-state index contributed by atoms with van der Waals surface area (Å²) in [6, 6.07) is 0. The zero-order chi connectivity index (χ0) is 8.55. The van der Waals surface area contributed by atoms with Crippen molar-refractivity contribution in [3.63, 3.8) is 0 Å². The molecule has 2 aromatic heterocycles. The normalized spacial score (nSPS) is 10.5. The van der Waals surface area contributed by atoms with Crippen LogP contribution in [0.5, 0.6) is 0 Å². The lowest BCUT2D eigenvalue weighted by Gasteiger charge is -1.86. The van der Waals surface area contributed by atoms with Gasteiger partial charge in [0.2, 0.25) is 0 Å². The van der Waals surface area contributed by atoms with E-state index in [1.54, 1.807) is 12.4 Å². The van der Waals surface area contributed by atoms with E-state index in [4.69, 9.17) is 0 Å². The third-order valence-corrected chi connectivity index (χ3v) is 1.85. The minimum Gasteiger partial charge on any atom is -0.342 e. The summed E-state index contributed by atoms with van der Waals surface area (Å²) in [4.78, 5) is 14.5. The highest BCUT2D eigenvalue weighted by atomic mass is 15.0. The van der Waals surface area contributed by atoms with Gasteiger partial charge in [0.1, 0.15) is 0 Å². The van der Waals surface area contributed by atoms with Crippen LogP contribution < -0.4 is 0 Å². The van der Waals surface area contributed by atoms with Gasteiger partial charge in [0.05, 0.1) is 5.69 Å². The predicted octanol–water partition coefficient (Wildman–Crippen LogP) is 1.42. The molecule has 2 aromatic rings. The van der Waals surface area contributed by atoms with E-state index < -0.39 is 0 Å². The maximum Gasteiger partial charge on any atom is 0.174 e. The Morgan fingerprint density at radius 2 is 2.08 bits per heavy atom. The Morgan fingerprint density at radius 3 is 2.58 bits per heavy atom. The summed E-state index contributed by atoms with van der Waals surface area (Å²) in [5.41, 5.74) is 2.10. The Morgan fingerprint density at radius 1 is 1.25 bits per heavy atom. The number of hydrogen-bond donors (Lipinski definition) is 2. The van der Waals surface area contributed by atoms with Crippen LogP contribution in [0.15, 0.2) is 12.4 Å². The molecule has 0 saturated carbocycles. The zero-order valence-corrected chi connectivity index (χ0v) is 7.05. The van der Waals surface area contributed by atoms with E-state index in [9.17, 15) is 0 Å². The smallest absolute Gasteiger partial charge is 0.174 e. The zero-order valence-electron chi connectivity index (χ0n) is 7.05. The molecule has 0 aliphatic heterocycles. The van der Waals surface area contributed by atoms with Crippen molar-refractivity contribution in [3.8, 4) is 11.6 Å². The summed E-state index contributed by atoms with van der Waals surface area (Å²) < 4.78 is 0. The van der Waals surface area contributed by atoms with Crippen molar-refractivity contribution in [1.29, 1.82) is 0 Å². The number of imidazole rings is 2. The summed E-state index contributed by atoms with van der Waals surface area (Å²) in [5, 5.41) is 0. The molecule has 0 amide bonds. The maximum atomic E-state index is 4.30. The lowest BCUT2D eigenvalue weighted by Crippen LogP contribution is -1.82. The molecule has 12 heavy (non-hydrogen) atoms. The molecule has 0 spiro atoms. The van der Waals surface area contributed by atoms with E-state index >= 15 is 0 Å². The van der Waals surface area contributed by atoms with E-state index in [-0.39, 0.29) is 0 Å². The molecule has 0 bridgehead atoms. The molecule has 4 heteroatoms. The van der Waals surface area contributed by atoms with Crippen LogP contribution in [0.4, 0.5) is 0 Å². The van der Waals surface area contributed by atoms with Crippen LogP contribution in [-0.2, 0) is 0 Å². The molecule has 2 heterocycles. The predicted molar refractivity (Wildman–Crippen MR) is 45.6 cm³/mol. The van der Waals surface area contributed by atoms with Crippen LogP contribution in [0, 0.1) is 13.8 Å². The van der Waals surface area contributed by atoms with Crippen molar-refractivity contribution in [2.45, 2.75) is 13.8 Å². The van der Waals surface area contributed by atoms with Gasteiger partial charge in [0, 0.05) is 18.1 Å². The molecule has 0 aliphatic carbocycles. The molecular formula is C8H10N4. The van der Waals surface area contributed by atoms with Gasteiger partial charge >= 0.3 is 0 Å². The van der Waals surface area contributed by atoms with E-state index in [0.29, 0.717) is 0 Å². The molecule has 62 valence electrons. The highest BCUT2D eigenvalue weighted by molar-refractivity contribution is 5.44. The highest BCUT2D eigenvalue weighted by Crippen LogP contribution is 2.11. The summed E-state index contributed by atoms with van der Waals surface area (Å²) in [6.07, 6.45) is 3.49. The Hall–Kier alpha value is -1.58. The third kappa shape index (κ3) is 1.01. The number of aromatic nitrogens is 4. The molecule has 0 fully saturated rings. The van der Waals surface area contributed by atoms with E-state index in [0.717, 1.165) is 23.0 Å². The second-order valence-electron chi connectivity index (χ2n) is 2.73. The maximum absolute atomic E-state index is 4.30. The molecule has 0 radical (unpaired) electrons. The minimum atomic E-state index is 0.784. The first kappa shape index (κ1) is 7.09. The van der Waals surface area contributed by atoms with Crippen molar-refractivity contribution in [2.24, 2.45) is 0 Å². The minimum absolute atomic E-state index is 0.784. The molecule has 4 nitrogen and oxygen atoms in total. The summed E-state index contributed by atoms with van der Waals surface area (Å²) >= 11 is 0. The molecule has 0 aromatic carbocycles. The standard InChI is InChI=1S/C8H10N4/c1-5-6(2)12-8(11-5)7-9-3-4-10-7/h3-4H,1-2H3,(H,9,10)(H,11,12). The fraction of sp³-hybridized carbons (Fsp3) is 0.250. The number of nitrogens with zero attached hydrogens (tertiary/aromatic N) is 2. The average molecular weight is 162 g/mol. The summed E-state index contributed by atoms with van der Waals surface area (Å²) in [5.74, 6) is 1.58. The van der Waals surface area contributed by atoms with Crippen LogP contribution in [0.2, 0.25) is 0 Å². The molecule has 0 saturated heterocycles. The number of nitrogens with one attached hydrogen (secondary N) is 2. The van der Waals surface area contributed by atoms with E-state index in [1.165, 1.54) is 0 Å². The largest absolute Gasteiger partial charge is 0.342 e. The molecule has 2 rings (SSSR count). The second-order valence-corrected chi connectivity index (χ2v) is 2.73. The van der Waals surface area contributed by atoms with Gasteiger partial charge in [-0.05, 0) is 13.8 Å². The van der Waals surface area contributed by atoms with Gasteiger partial charge in [0.15, 0.2) is 11.6 Å². The molecular weight excluding hydrogens is 152 g/mol. The van der Waals surface area contributed by atoms with Gasteiger partial charge in [0.25, 0.3) is 0 Å². The van der Waals surface area contributed by atoms with Gasteiger partial charge in [-0.2, -0.15) is 0 Å². The molecule has 0 unspecified atom stereocenters. The van der Waals surface area contributed by atoms with Gasteiger partial charge in [-0.3, -0.25) is 0 Å². The average Bonchev–Trinajstić information content (AvgIpc) is 2.61. The number of rotatable bonds is 1. The van der Waals surface area contributed by atoms with Crippen molar-refractivity contribution in [2.75, 3.05) is 0 Å². The summed E-state index contributed by atoms with van der Waals surface area (Å²) in [7, 11) is 0. The first-order valence-electron chi connectivity index (χ1n) is 3.80. The molecule has 0 atom stereocenters. The SMILES string of the molecule is Cc1nc(-c2ncc[nH]2)[nH]c1C. The quantitative estimate of drug-likeness (QED) is 0.666. The van der Waals surface area contributed by atoms with Gasteiger partial charge < -0.3 is 9.97 Å². The lowest BCUT2D eigenvalue weighted by molar-refractivity contribution is 1.18. The Bertz CT molecular complexity index is 352. The monoisotopic (exact) mass is 162 g/mol. The van der Waals surface area contributed by atoms with Gasteiger partial charge in [-0.1, -0.05) is 0 Å².